The average Bonchev–Trinajstić information content (AvgIpc) is 2.96. The largest absolute Gasteiger partial charge is 0.341 e. The van der Waals surface area contributed by atoms with E-state index in [1.807, 2.05) is 11.9 Å². The Bertz CT molecular complexity index is 336. The van der Waals surface area contributed by atoms with Gasteiger partial charge in [0.2, 0.25) is 5.91 Å². The molecule has 0 bridgehead atoms. The summed E-state index contributed by atoms with van der Waals surface area (Å²) in [5, 5.41) is 10.8. The molecule has 1 aliphatic heterocycles. The second-order valence-electron chi connectivity index (χ2n) is 4.07. The maximum Gasteiger partial charge on any atom is 0.224 e. The van der Waals surface area contributed by atoms with Gasteiger partial charge in [-0.05, 0) is 13.0 Å². The molecule has 1 aliphatic rings. The molecule has 96 valence electrons. The Hall–Kier alpha value is -1.14. The first-order chi connectivity index (χ1) is 7.77. The van der Waals surface area contributed by atoms with E-state index >= 15 is 0 Å². The number of rotatable bonds is 4. The molecule has 1 atom stereocenters. The molecule has 2 rings (SSSR count). The molecule has 1 saturated heterocycles. The van der Waals surface area contributed by atoms with Gasteiger partial charge in [-0.25, -0.2) is 0 Å². The summed E-state index contributed by atoms with van der Waals surface area (Å²) < 4.78 is 1.68. The van der Waals surface area contributed by atoms with Gasteiger partial charge in [0.05, 0.1) is 12.7 Å². The minimum absolute atomic E-state index is 0. The van der Waals surface area contributed by atoms with Gasteiger partial charge in [0, 0.05) is 32.3 Å². The first-order valence-electron chi connectivity index (χ1n) is 5.58. The van der Waals surface area contributed by atoms with Crippen molar-refractivity contribution in [1.82, 2.24) is 25.2 Å². The van der Waals surface area contributed by atoms with E-state index in [0.29, 0.717) is 19.0 Å². The van der Waals surface area contributed by atoms with E-state index in [1.165, 1.54) is 0 Å². The Morgan fingerprint density at radius 3 is 3.06 bits per heavy atom. The van der Waals surface area contributed by atoms with E-state index in [4.69, 9.17) is 0 Å². The lowest BCUT2D eigenvalue weighted by atomic mass is 10.2. The van der Waals surface area contributed by atoms with Crippen LogP contribution in [0, 0.1) is 0 Å². The van der Waals surface area contributed by atoms with Crippen LogP contribution in [-0.2, 0) is 11.3 Å². The standard InChI is InChI=1S/C10H17N5O.ClH/c1-14(9-2-4-11-8-9)10(16)3-6-15-7-5-12-13-15;/h5,7,9,11H,2-4,6,8H2,1H3;1H. The molecule has 0 saturated carbocycles. The van der Waals surface area contributed by atoms with E-state index in [1.54, 1.807) is 17.1 Å². The second kappa shape index (κ2) is 6.56. The predicted octanol–water partition coefficient (Wildman–Crippen LogP) is -0.0897. The zero-order valence-electron chi connectivity index (χ0n) is 9.87. The van der Waals surface area contributed by atoms with Crippen molar-refractivity contribution < 1.29 is 4.79 Å². The number of nitrogens with one attached hydrogen (secondary N) is 1. The van der Waals surface area contributed by atoms with Crippen LogP contribution in [0.1, 0.15) is 12.8 Å². The highest BCUT2D eigenvalue weighted by Crippen LogP contribution is 2.07. The summed E-state index contributed by atoms with van der Waals surface area (Å²) in [7, 11) is 1.88. The van der Waals surface area contributed by atoms with Crippen LogP contribution in [0.5, 0.6) is 0 Å². The summed E-state index contributed by atoms with van der Waals surface area (Å²) in [4.78, 5) is 13.7. The third-order valence-electron chi connectivity index (χ3n) is 3.00. The van der Waals surface area contributed by atoms with Crippen molar-refractivity contribution in [2.45, 2.75) is 25.4 Å². The first kappa shape index (κ1) is 13.9. The maximum absolute atomic E-state index is 11.9. The Morgan fingerprint density at radius 2 is 2.47 bits per heavy atom. The van der Waals surface area contributed by atoms with E-state index in [-0.39, 0.29) is 18.3 Å². The van der Waals surface area contributed by atoms with Crippen molar-refractivity contribution >= 4 is 18.3 Å². The van der Waals surface area contributed by atoms with Crippen LogP contribution in [0.15, 0.2) is 12.4 Å². The van der Waals surface area contributed by atoms with Crippen LogP contribution in [0.4, 0.5) is 0 Å². The van der Waals surface area contributed by atoms with Crippen LogP contribution in [0.3, 0.4) is 0 Å². The van der Waals surface area contributed by atoms with Crippen molar-refractivity contribution in [3.8, 4) is 0 Å². The fourth-order valence-corrected chi connectivity index (χ4v) is 1.91. The number of carbonyl (C=O) groups excluding carboxylic acids is 1. The Labute approximate surface area is 107 Å². The molecule has 1 fully saturated rings. The van der Waals surface area contributed by atoms with Gasteiger partial charge >= 0.3 is 0 Å². The fourth-order valence-electron chi connectivity index (χ4n) is 1.91. The molecule has 1 amide bonds. The summed E-state index contributed by atoms with van der Waals surface area (Å²) in [6.07, 6.45) is 4.92. The molecule has 0 aliphatic carbocycles. The highest BCUT2D eigenvalue weighted by Gasteiger charge is 2.22. The van der Waals surface area contributed by atoms with Crippen molar-refractivity contribution in [2.75, 3.05) is 20.1 Å². The summed E-state index contributed by atoms with van der Waals surface area (Å²) in [5.74, 6) is 0.171. The molecule has 1 unspecified atom stereocenters. The van der Waals surface area contributed by atoms with Crippen LogP contribution in [0.2, 0.25) is 0 Å². The van der Waals surface area contributed by atoms with Gasteiger partial charge in [-0.2, -0.15) is 0 Å². The number of aryl methyl sites for hydroxylation is 1. The smallest absolute Gasteiger partial charge is 0.224 e. The third kappa shape index (κ3) is 3.67. The summed E-state index contributed by atoms with van der Waals surface area (Å²) in [5.41, 5.74) is 0. The van der Waals surface area contributed by atoms with E-state index in [9.17, 15) is 4.79 Å². The average molecular weight is 260 g/mol. The van der Waals surface area contributed by atoms with Crippen LogP contribution >= 0.6 is 12.4 Å². The molecule has 1 aromatic heterocycles. The number of likely N-dealkylation sites (N-methyl/N-ethyl adjacent to an activating group) is 1. The third-order valence-corrected chi connectivity index (χ3v) is 3.00. The highest BCUT2D eigenvalue weighted by molar-refractivity contribution is 5.85. The Balaban J connectivity index is 0.00000144. The molecule has 0 spiro atoms. The number of carbonyl (C=O) groups is 1. The number of nitrogens with zero attached hydrogens (tertiary/aromatic N) is 4. The number of aromatic nitrogens is 3. The number of halogens is 1. The minimum atomic E-state index is 0. The van der Waals surface area contributed by atoms with Gasteiger partial charge in [0.25, 0.3) is 0 Å². The number of hydrogen-bond acceptors (Lipinski definition) is 4. The van der Waals surface area contributed by atoms with Gasteiger partial charge < -0.3 is 10.2 Å². The van der Waals surface area contributed by atoms with Crippen molar-refractivity contribution in [3.63, 3.8) is 0 Å². The summed E-state index contributed by atoms with van der Waals surface area (Å²) >= 11 is 0. The van der Waals surface area contributed by atoms with Gasteiger partial charge in [-0.1, -0.05) is 5.21 Å². The molecule has 2 heterocycles. The molecule has 0 aromatic carbocycles. The second-order valence-corrected chi connectivity index (χ2v) is 4.07. The lowest BCUT2D eigenvalue weighted by Gasteiger charge is -2.23. The van der Waals surface area contributed by atoms with Crippen molar-refractivity contribution in [2.24, 2.45) is 0 Å². The quantitative estimate of drug-likeness (QED) is 0.821. The lowest BCUT2D eigenvalue weighted by molar-refractivity contribution is -0.131. The van der Waals surface area contributed by atoms with Crippen LogP contribution < -0.4 is 5.32 Å². The normalized spacial score (nSPS) is 18.8. The first-order valence-corrected chi connectivity index (χ1v) is 5.58. The molecule has 7 heteroatoms. The summed E-state index contributed by atoms with van der Waals surface area (Å²) in [6.45, 7) is 2.51. The highest BCUT2D eigenvalue weighted by atomic mass is 35.5. The summed E-state index contributed by atoms with van der Waals surface area (Å²) in [6, 6.07) is 0.350. The van der Waals surface area contributed by atoms with E-state index in [2.05, 4.69) is 15.6 Å². The molecule has 1 N–H and O–H groups in total. The van der Waals surface area contributed by atoms with E-state index in [0.717, 1.165) is 19.5 Å². The minimum Gasteiger partial charge on any atom is -0.341 e. The Morgan fingerprint density at radius 1 is 1.65 bits per heavy atom. The van der Waals surface area contributed by atoms with Gasteiger partial charge in [0.15, 0.2) is 0 Å². The molecule has 0 radical (unpaired) electrons. The van der Waals surface area contributed by atoms with Gasteiger partial charge in [-0.3, -0.25) is 9.48 Å². The zero-order chi connectivity index (χ0) is 11.4. The van der Waals surface area contributed by atoms with Crippen LogP contribution in [0.25, 0.3) is 0 Å². The lowest BCUT2D eigenvalue weighted by Crippen LogP contribution is -2.38. The van der Waals surface area contributed by atoms with Gasteiger partial charge in [0.1, 0.15) is 0 Å². The molecular formula is C10H18ClN5O. The predicted molar refractivity (Wildman–Crippen MR) is 65.9 cm³/mol. The molecule has 6 nitrogen and oxygen atoms in total. The monoisotopic (exact) mass is 259 g/mol. The van der Waals surface area contributed by atoms with Crippen molar-refractivity contribution in [1.29, 1.82) is 0 Å². The fraction of sp³-hybridized carbons (Fsp3) is 0.700. The van der Waals surface area contributed by atoms with Crippen LogP contribution in [-0.4, -0.2) is 52.0 Å². The molecule has 1 aromatic rings. The van der Waals surface area contributed by atoms with E-state index < -0.39 is 0 Å². The molecular weight excluding hydrogens is 242 g/mol. The SMILES string of the molecule is CN(C(=O)CCn1ccnn1)C1CCNC1.Cl. The topological polar surface area (TPSA) is 63.1 Å². The number of amides is 1. The van der Waals surface area contributed by atoms with Gasteiger partial charge in [-0.15, -0.1) is 17.5 Å². The van der Waals surface area contributed by atoms with Crippen molar-refractivity contribution in [3.05, 3.63) is 12.4 Å². The maximum atomic E-state index is 11.9. The number of hydrogen-bond donors (Lipinski definition) is 1. The zero-order valence-corrected chi connectivity index (χ0v) is 10.7. The Kier molecular flexibility index (Phi) is 5.37. The molecule has 17 heavy (non-hydrogen) atoms.